The Morgan fingerprint density at radius 2 is 1.97 bits per heavy atom. The predicted octanol–water partition coefficient (Wildman–Crippen LogP) is 1.81. The van der Waals surface area contributed by atoms with Gasteiger partial charge in [0.25, 0.3) is 0 Å². The summed E-state index contributed by atoms with van der Waals surface area (Å²) in [7, 11) is 0. The van der Waals surface area contributed by atoms with Crippen molar-refractivity contribution in [1.29, 1.82) is 0 Å². The second-order valence-electron chi connectivity index (χ2n) is 7.59. The smallest absolute Gasteiger partial charge is 0.239 e. The highest BCUT2D eigenvalue weighted by Gasteiger charge is 2.30. The summed E-state index contributed by atoms with van der Waals surface area (Å²) in [6.45, 7) is 6.51. The summed E-state index contributed by atoms with van der Waals surface area (Å²) in [5.74, 6) is 1.42. The molecule has 2 aliphatic rings. The van der Waals surface area contributed by atoms with Crippen molar-refractivity contribution in [1.82, 2.24) is 9.80 Å². The first-order valence-corrected chi connectivity index (χ1v) is 10.8. The van der Waals surface area contributed by atoms with E-state index in [0.717, 1.165) is 42.5 Å². The van der Waals surface area contributed by atoms with E-state index in [1.807, 2.05) is 42.6 Å². The molecule has 1 aromatic heterocycles. The van der Waals surface area contributed by atoms with Crippen LogP contribution in [-0.4, -0.2) is 78.9 Å². The maximum Gasteiger partial charge on any atom is 0.239 e. The van der Waals surface area contributed by atoms with Gasteiger partial charge in [-0.15, -0.1) is 11.3 Å². The molecule has 4 rings (SSSR count). The Labute approximate surface area is 174 Å². The van der Waals surface area contributed by atoms with E-state index in [9.17, 15) is 9.90 Å². The zero-order valence-corrected chi connectivity index (χ0v) is 17.4. The van der Waals surface area contributed by atoms with Gasteiger partial charge in [-0.1, -0.05) is 12.1 Å². The van der Waals surface area contributed by atoms with Crippen molar-refractivity contribution < 1.29 is 19.4 Å². The molecule has 2 aromatic rings. The van der Waals surface area contributed by atoms with Crippen LogP contribution in [0.1, 0.15) is 5.56 Å². The summed E-state index contributed by atoms with van der Waals surface area (Å²) in [4.78, 5) is 16.6. The third-order valence-electron chi connectivity index (χ3n) is 5.23. The van der Waals surface area contributed by atoms with Gasteiger partial charge in [-0.2, -0.15) is 0 Å². The first-order chi connectivity index (χ1) is 14.1. The number of piperazine rings is 1. The van der Waals surface area contributed by atoms with Crippen LogP contribution in [0.5, 0.6) is 11.5 Å². The Bertz CT molecular complexity index is 835. The number of hydrogen-bond acceptors (Lipinski definition) is 7. The monoisotopic (exact) mass is 417 g/mol. The summed E-state index contributed by atoms with van der Waals surface area (Å²) in [6, 6.07) is 9.51. The highest BCUT2D eigenvalue weighted by atomic mass is 32.1. The van der Waals surface area contributed by atoms with Gasteiger partial charge in [0.15, 0.2) is 17.6 Å². The lowest BCUT2D eigenvalue weighted by atomic mass is 10.1. The zero-order chi connectivity index (χ0) is 20.2. The van der Waals surface area contributed by atoms with Gasteiger partial charge < -0.3 is 19.9 Å². The number of β-amino-alcohol motifs (C(OH)–C–C–N with tert-alkyl or cyclic N) is 1. The number of nitrogens with one attached hydrogen (secondary N) is 1. The molecular weight excluding hydrogens is 390 g/mol. The van der Waals surface area contributed by atoms with E-state index in [0.29, 0.717) is 25.4 Å². The molecule has 1 fully saturated rings. The molecule has 2 aliphatic heterocycles. The van der Waals surface area contributed by atoms with E-state index in [1.165, 1.54) is 0 Å². The van der Waals surface area contributed by atoms with Crippen molar-refractivity contribution in [2.75, 3.05) is 51.2 Å². The minimum absolute atomic E-state index is 0.0201. The molecule has 156 valence electrons. The number of para-hydroxylation sites is 2. The number of ether oxygens (including phenoxy) is 2. The lowest BCUT2D eigenvalue weighted by molar-refractivity contribution is -0.117. The summed E-state index contributed by atoms with van der Waals surface area (Å²) in [6.07, 6.45) is -0.997. The van der Waals surface area contributed by atoms with Gasteiger partial charge in [-0.25, -0.2) is 0 Å². The quantitative estimate of drug-likeness (QED) is 0.747. The molecule has 29 heavy (non-hydrogen) atoms. The van der Waals surface area contributed by atoms with Gasteiger partial charge in [-0.05, 0) is 36.1 Å². The maximum atomic E-state index is 12.2. The van der Waals surface area contributed by atoms with Crippen LogP contribution < -0.4 is 14.8 Å². The highest BCUT2D eigenvalue weighted by molar-refractivity contribution is 7.14. The first-order valence-electron chi connectivity index (χ1n) is 9.93. The number of hydrogen-bond donors (Lipinski definition) is 2. The molecule has 0 radical (unpaired) electrons. The first kappa shape index (κ1) is 20.2. The van der Waals surface area contributed by atoms with Gasteiger partial charge in [0.2, 0.25) is 5.91 Å². The number of aliphatic hydroxyl groups excluding tert-OH is 1. The predicted molar refractivity (Wildman–Crippen MR) is 113 cm³/mol. The Balaban J connectivity index is 1.19. The van der Waals surface area contributed by atoms with Crippen LogP contribution in [-0.2, 0) is 4.79 Å². The molecule has 2 unspecified atom stereocenters. The van der Waals surface area contributed by atoms with Crippen LogP contribution in [0.4, 0.5) is 5.00 Å². The fourth-order valence-electron chi connectivity index (χ4n) is 3.61. The van der Waals surface area contributed by atoms with Crippen LogP contribution in [0, 0.1) is 6.92 Å². The van der Waals surface area contributed by atoms with E-state index in [-0.39, 0.29) is 12.0 Å². The van der Waals surface area contributed by atoms with Gasteiger partial charge in [0.1, 0.15) is 12.7 Å². The Kier molecular flexibility index (Phi) is 6.34. The third kappa shape index (κ3) is 5.27. The van der Waals surface area contributed by atoms with Crippen LogP contribution in [0.2, 0.25) is 0 Å². The normalized spacial score (nSPS) is 21.0. The van der Waals surface area contributed by atoms with Gasteiger partial charge in [0, 0.05) is 32.7 Å². The zero-order valence-electron chi connectivity index (χ0n) is 16.5. The number of nitrogens with zero attached hydrogens (tertiary/aromatic N) is 2. The second-order valence-corrected chi connectivity index (χ2v) is 8.51. The molecule has 1 amide bonds. The van der Waals surface area contributed by atoms with Crippen molar-refractivity contribution >= 4 is 22.2 Å². The molecule has 7 nitrogen and oxygen atoms in total. The number of rotatable bonds is 6. The topological polar surface area (TPSA) is 74.3 Å². The molecule has 0 spiro atoms. The fraction of sp³-hybridized carbons (Fsp3) is 0.476. The van der Waals surface area contributed by atoms with Crippen molar-refractivity contribution in [3.8, 4) is 11.5 Å². The summed E-state index contributed by atoms with van der Waals surface area (Å²) < 4.78 is 11.6. The van der Waals surface area contributed by atoms with Crippen molar-refractivity contribution in [2.45, 2.75) is 19.1 Å². The van der Waals surface area contributed by atoms with Gasteiger partial charge in [0.05, 0.1) is 11.5 Å². The number of carbonyl (C=O) groups excluding carboxylic acids is 1. The van der Waals surface area contributed by atoms with E-state index < -0.39 is 6.10 Å². The lowest BCUT2D eigenvalue weighted by Crippen LogP contribution is -2.53. The molecule has 2 N–H and O–H groups in total. The third-order valence-corrected chi connectivity index (χ3v) is 6.19. The SMILES string of the molecule is Cc1csc(NC(=O)CN2CCN(CC(O)C3COc4ccccc4O3)CC2)c1. The number of aryl methyl sites for hydroxylation is 1. The molecule has 1 saturated heterocycles. The van der Waals surface area contributed by atoms with Gasteiger partial charge in [-0.3, -0.25) is 14.6 Å². The Morgan fingerprint density at radius 1 is 1.24 bits per heavy atom. The standard InChI is InChI=1S/C21H27N3O4S/c1-15-10-21(29-14-15)22-20(26)12-24-8-6-23(7-9-24)11-16(25)19-13-27-17-4-2-3-5-18(17)28-19/h2-5,10,14,16,19,25H,6-9,11-13H2,1H3,(H,22,26). The number of amides is 1. The molecule has 3 heterocycles. The van der Waals surface area contributed by atoms with E-state index in [2.05, 4.69) is 15.1 Å². The van der Waals surface area contributed by atoms with E-state index in [4.69, 9.17) is 9.47 Å². The Morgan fingerprint density at radius 3 is 2.69 bits per heavy atom. The molecule has 1 aromatic carbocycles. The lowest BCUT2D eigenvalue weighted by Gasteiger charge is -2.37. The number of anilines is 1. The van der Waals surface area contributed by atoms with Crippen molar-refractivity contribution in [2.24, 2.45) is 0 Å². The molecule has 0 saturated carbocycles. The average Bonchev–Trinajstić information content (AvgIpc) is 3.13. The summed E-state index contributed by atoms with van der Waals surface area (Å²) in [5, 5.41) is 16.5. The number of thiophene rings is 1. The van der Waals surface area contributed by atoms with Crippen LogP contribution in [0.25, 0.3) is 0 Å². The van der Waals surface area contributed by atoms with E-state index in [1.54, 1.807) is 11.3 Å². The van der Waals surface area contributed by atoms with Crippen LogP contribution in [0.3, 0.4) is 0 Å². The Hall–Kier alpha value is -2.13. The van der Waals surface area contributed by atoms with Crippen LogP contribution >= 0.6 is 11.3 Å². The average molecular weight is 418 g/mol. The highest BCUT2D eigenvalue weighted by Crippen LogP contribution is 2.31. The molecule has 8 heteroatoms. The fourth-order valence-corrected chi connectivity index (χ4v) is 4.42. The largest absolute Gasteiger partial charge is 0.486 e. The molecule has 0 aliphatic carbocycles. The maximum absolute atomic E-state index is 12.2. The number of fused-ring (bicyclic) bond motifs is 1. The minimum atomic E-state index is -0.625. The molecular formula is C21H27N3O4S. The summed E-state index contributed by atoms with van der Waals surface area (Å²) in [5.41, 5.74) is 1.16. The van der Waals surface area contributed by atoms with E-state index >= 15 is 0 Å². The summed E-state index contributed by atoms with van der Waals surface area (Å²) >= 11 is 1.55. The number of aliphatic hydroxyl groups is 1. The van der Waals surface area contributed by atoms with Gasteiger partial charge >= 0.3 is 0 Å². The van der Waals surface area contributed by atoms with Crippen LogP contribution in [0.15, 0.2) is 35.7 Å². The van der Waals surface area contributed by atoms with Crippen molar-refractivity contribution in [3.63, 3.8) is 0 Å². The molecule has 0 bridgehead atoms. The minimum Gasteiger partial charge on any atom is -0.486 e. The molecule has 2 atom stereocenters. The van der Waals surface area contributed by atoms with Crippen molar-refractivity contribution in [3.05, 3.63) is 41.3 Å². The number of benzene rings is 1. The second kappa shape index (κ2) is 9.13. The number of carbonyl (C=O) groups is 1.